The van der Waals surface area contributed by atoms with E-state index >= 15 is 0 Å². The van der Waals surface area contributed by atoms with Crippen molar-refractivity contribution in [2.75, 3.05) is 13.7 Å². The Bertz CT molecular complexity index is 761. The van der Waals surface area contributed by atoms with Crippen LogP contribution in [0.4, 0.5) is 0 Å². The van der Waals surface area contributed by atoms with E-state index in [1.165, 1.54) is 7.11 Å². The second kappa shape index (κ2) is 5.99. The number of carbonyl (C=O) groups is 1. The number of halogens is 1. The number of hydrogen-bond donors (Lipinski definition) is 1. The molecule has 2 aromatic rings. The van der Waals surface area contributed by atoms with Crippen LogP contribution in [0.3, 0.4) is 0 Å². The summed E-state index contributed by atoms with van der Waals surface area (Å²) in [5.74, 6) is -0.556. The van der Waals surface area contributed by atoms with Gasteiger partial charge in [0, 0.05) is 16.8 Å². The second-order valence-electron chi connectivity index (χ2n) is 5.11. The Morgan fingerprint density at radius 3 is 2.73 bits per heavy atom. The highest BCUT2D eigenvalue weighted by Crippen LogP contribution is 2.37. The third-order valence-corrected chi connectivity index (χ3v) is 4.14. The molecule has 0 spiro atoms. The lowest BCUT2D eigenvalue weighted by molar-refractivity contribution is -0.137. The Labute approximate surface area is 132 Å². The van der Waals surface area contributed by atoms with Crippen molar-refractivity contribution in [2.45, 2.75) is 12.5 Å². The van der Waals surface area contributed by atoms with Crippen LogP contribution in [-0.4, -0.2) is 24.8 Å². The molecule has 22 heavy (non-hydrogen) atoms. The molecule has 1 aliphatic rings. The van der Waals surface area contributed by atoms with E-state index in [2.05, 4.69) is 4.74 Å². The molecule has 3 rings (SSSR count). The first-order chi connectivity index (χ1) is 10.6. The lowest BCUT2D eigenvalue weighted by Gasteiger charge is -2.25. The molecule has 0 aliphatic carbocycles. The van der Waals surface area contributed by atoms with E-state index in [1.54, 1.807) is 0 Å². The monoisotopic (exact) mass is 318 g/mol. The van der Waals surface area contributed by atoms with Gasteiger partial charge < -0.3 is 14.6 Å². The zero-order chi connectivity index (χ0) is 15.7. The van der Waals surface area contributed by atoms with Crippen LogP contribution < -0.4 is 0 Å². The Morgan fingerprint density at radius 1 is 1.32 bits per heavy atom. The van der Waals surface area contributed by atoms with Crippen molar-refractivity contribution in [3.05, 3.63) is 58.3 Å². The lowest BCUT2D eigenvalue weighted by Crippen LogP contribution is -2.22. The molecule has 1 N–H and O–H groups in total. The molecule has 0 radical (unpaired) electrons. The molecule has 0 aromatic heterocycles. The molecular formula is C17H15ClO4. The second-order valence-corrected chi connectivity index (χ2v) is 5.51. The van der Waals surface area contributed by atoms with Gasteiger partial charge in [0.2, 0.25) is 0 Å². The van der Waals surface area contributed by atoms with Gasteiger partial charge >= 0.3 is 5.97 Å². The summed E-state index contributed by atoms with van der Waals surface area (Å²) in [6, 6.07) is 11.5. The summed E-state index contributed by atoms with van der Waals surface area (Å²) in [5, 5.41) is 12.7. The van der Waals surface area contributed by atoms with Gasteiger partial charge in [0.05, 0.1) is 19.8 Å². The number of aliphatic hydroxyl groups is 1. The maximum atomic E-state index is 11.5. The quantitative estimate of drug-likeness (QED) is 0.852. The summed E-state index contributed by atoms with van der Waals surface area (Å²) in [5.41, 5.74) is 1.07. The molecule has 0 bridgehead atoms. The van der Waals surface area contributed by atoms with Gasteiger partial charge in [0.25, 0.3) is 0 Å². The van der Waals surface area contributed by atoms with E-state index in [4.69, 9.17) is 16.3 Å². The smallest absolute Gasteiger partial charge is 0.339 e. The van der Waals surface area contributed by atoms with Crippen molar-refractivity contribution in [2.24, 2.45) is 0 Å². The predicted octanol–water partition coefficient (Wildman–Crippen LogP) is 3.94. The summed E-state index contributed by atoms with van der Waals surface area (Å²) in [7, 11) is 1.28. The number of fused-ring (bicyclic) bond motifs is 1. The molecular weight excluding hydrogens is 304 g/mol. The van der Waals surface area contributed by atoms with Gasteiger partial charge in [-0.3, -0.25) is 0 Å². The van der Waals surface area contributed by atoms with Crippen LogP contribution >= 0.6 is 11.6 Å². The fourth-order valence-corrected chi connectivity index (χ4v) is 3.01. The fourth-order valence-electron chi connectivity index (χ4n) is 2.72. The van der Waals surface area contributed by atoms with Gasteiger partial charge in [-0.15, -0.1) is 0 Å². The van der Waals surface area contributed by atoms with Crippen LogP contribution in [0.5, 0.6) is 0 Å². The number of hydrogen-bond acceptors (Lipinski definition) is 4. The highest BCUT2D eigenvalue weighted by molar-refractivity contribution is 6.35. The molecule has 1 atom stereocenters. The van der Waals surface area contributed by atoms with Gasteiger partial charge in [-0.05, 0) is 17.0 Å². The molecule has 0 fully saturated rings. The van der Waals surface area contributed by atoms with Crippen molar-refractivity contribution in [3.63, 3.8) is 0 Å². The molecule has 2 aromatic carbocycles. The number of carbonyl (C=O) groups excluding carboxylic acids is 1. The number of methoxy groups -OCH3 is 1. The van der Waals surface area contributed by atoms with Gasteiger partial charge in [0.1, 0.15) is 11.3 Å². The molecule has 4 nitrogen and oxygen atoms in total. The van der Waals surface area contributed by atoms with Gasteiger partial charge in [-0.1, -0.05) is 41.9 Å². The summed E-state index contributed by atoms with van der Waals surface area (Å²) >= 11 is 6.32. The summed E-state index contributed by atoms with van der Waals surface area (Å²) in [6.07, 6.45) is -0.133. The summed E-state index contributed by atoms with van der Waals surface area (Å²) < 4.78 is 10.4. The fraction of sp³-hybridized carbons (Fsp3) is 0.235. The maximum Gasteiger partial charge on any atom is 0.339 e. The van der Waals surface area contributed by atoms with Gasteiger partial charge in [0.15, 0.2) is 0 Å². The first kappa shape index (κ1) is 14.9. The third-order valence-electron chi connectivity index (χ3n) is 3.82. The number of ether oxygens (including phenoxy) is 2. The molecule has 0 saturated heterocycles. The minimum absolute atomic E-state index is 0.00663. The largest absolute Gasteiger partial charge is 0.512 e. The van der Waals surface area contributed by atoms with E-state index < -0.39 is 5.97 Å². The Hall–Kier alpha value is -2.04. The van der Waals surface area contributed by atoms with Crippen molar-refractivity contribution in [1.82, 2.24) is 0 Å². The molecule has 0 unspecified atom stereocenters. The topological polar surface area (TPSA) is 55.8 Å². The standard InChI is InChI=1S/C17H15ClO4/c1-21-17(20)12-9-22-15(8-14(12)19)11-6-2-4-10-5-3-7-13(18)16(10)11/h2-7,15,19H,8-9H2,1H3/t15-/m0/s1. The van der Waals surface area contributed by atoms with E-state index in [9.17, 15) is 9.90 Å². The van der Waals surface area contributed by atoms with Crippen molar-refractivity contribution in [1.29, 1.82) is 0 Å². The number of benzene rings is 2. The number of aliphatic hydroxyl groups excluding tert-OH is 1. The summed E-state index contributed by atoms with van der Waals surface area (Å²) in [6.45, 7) is 0.0179. The first-order valence-electron chi connectivity index (χ1n) is 6.90. The Morgan fingerprint density at radius 2 is 2.05 bits per heavy atom. The van der Waals surface area contributed by atoms with Gasteiger partial charge in [-0.25, -0.2) is 4.79 Å². The third kappa shape index (κ3) is 2.56. The average molecular weight is 319 g/mol. The molecule has 5 heteroatoms. The molecule has 1 heterocycles. The average Bonchev–Trinajstić information content (AvgIpc) is 2.54. The van der Waals surface area contributed by atoms with Crippen molar-refractivity contribution < 1.29 is 19.4 Å². The molecule has 0 amide bonds. The Kier molecular flexibility index (Phi) is 4.05. The highest BCUT2D eigenvalue weighted by atomic mass is 35.5. The number of rotatable bonds is 2. The predicted molar refractivity (Wildman–Crippen MR) is 83.9 cm³/mol. The first-order valence-corrected chi connectivity index (χ1v) is 7.27. The minimum Gasteiger partial charge on any atom is -0.512 e. The Balaban J connectivity index is 2.01. The van der Waals surface area contributed by atoms with Crippen LogP contribution in [0.25, 0.3) is 10.8 Å². The van der Waals surface area contributed by atoms with Gasteiger partial charge in [-0.2, -0.15) is 0 Å². The molecule has 114 valence electrons. The minimum atomic E-state index is -0.563. The lowest BCUT2D eigenvalue weighted by atomic mass is 9.95. The zero-order valence-electron chi connectivity index (χ0n) is 12.0. The van der Waals surface area contributed by atoms with Crippen LogP contribution in [0.2, 0.25) is 5.02 Å². The van der Waals surface area contributed by atoms with Crippen LogP contribution in [0, 0.1) is 0 Å². The SMILES string of the molecule is COC(=O)C1=C(O)C[C@@H](c2cccc3cccc(Cl)c23)OC1. The molecule has 1 aliphatic heterocycles. The van der Waals surface area contributed by atoms with Crippen molar-refractivity contribution in [3.8, 4) is 0 Å². The van der Waals surface area contributed by atoms with Crippen LogP contribution in [0.1, 0.15) is 18.1 Å². The highest BCUT2D eigenvalue weighted by Gasteiger charge is 2.28. The van der Waals surface area contributed by atoms with Crippen LogP contribution in [0.15, 0.2) is 47.7 Å². The van der Waals surface area contributed by atoms with E-state index in [0.29, 0.717) is 5.02 Å². The molecule has 0 saturated carbocycles. The van der Waals surface area contributed by atoms with Crippen LogP contribution in [-0.2, 0) is 14.3 Å². The normalized spacial score (nSPS) is 18.5. The zero-order valence-corrected chi connectivity index (χ0v) is 12.8. The van der Waals surface area contributed by atoms with Crippen molar-refractivity contribution >= 4 is 28.3 Å². The van der Waals surface area contributed by atoms with E-state index in [0.717, 1.165) is 16.3 Å². The van der Waals surface area contributed by atoms with E-state index in [-0.39, 0.29) is 30.5 Å². The maximum absolute atomic E-state index is 11.5. The summed E-state index contributed by atoms with van der Waals surface area (Å²) in [4.78, 5) is 11.5. The number of esters is 1. The van der Waals surface area contributed by atoms with E-state index in [1.807, 2.05) is 36.4 Å².